The summed E-state index contributed by atoms with van der Waals surface area (Å²) in [6.45, 7) is 4.18. The molecule has 7 heteroatoms. The van der Waals surface area contributed by atoms with Gasteiger partial charge in [-0.25, -0.2) is 0 Å². The predicted molar refractivity (Wildman–Crippen MR) is 91.8 cm³/mol. The van der Waals surface area contributed by atoms with Crippen molar-refractivity contribution in [3.05, 3.63) is 30.3 Å². The van der Waals surface area contributed by atoms with Gasteiger partial charge in [0.1, 0.15) is 11.8 Å². The molecule has 0 aromatic heterocycles. The van der Waals surface area contributed by atoms with Crippen molar-refractivity contribution in [1.82, 2.24) is 10.6 Å². The fraction of sp³-hybridized carbons (Fsp3) is 0.556. The van der Waals surface area contributed by atoms with E-state index >= 15 is 0 Å². The molecule has 3 N–H and O–H groups in total. The lowest BCUT2D eigenvalue weighted by Crippen LogP contribution is -2.52. The number of aliphatic hydroxyl groups is 1. The summed E-state index contributed by atoms with van der Waals surface area (Å²) >= 11 is 0. The second-order valence-electron chi connectivity index (χ2n) is 6.52. The van der Waals surface area contributed by atoms with Crippen LogP contribution in [0.25, 0.3) is 0 Å². The van der Waals surface area contributed by atoms with E-state index in [2.05, 4.69) is 10.6 Å². The van der Waals surface area contributed by atoms with Crippen molar-refractivity contribution in [1.29, 1.82) is 0 Å². The minimum absolute atomic E-state index is 0.166. The molecule has 0 saturated carbocycles. The van der Waals surface area contributed by atoms with Crippen LogP contribution < -0.4 is 15.4 Å². The highest BCUT2D eigenvalue weighted by Gasteiger charge is 2.31. The summed E-state index contributed by atoms with van der Waals surface area (Å²) in [7, 11) is 0. The summed E-state index contributed by atoms with van der Waals surface area (Å²) in [6, 6.07) is 7.88. The minimum Gasteiger partial charge on any atom is -0.484 e. The van der Waals surface area contributed by atoms with E-state index in [1.54, 1.807) is 12.1 Å². The lowest BCUT2D eigenvalue weighted by molar-refractivity contribution is -0.132. The Bertz CT molecular complexity index is 564. The molecule has 3 atom stereocenters. The van der Waals surface area contributed by atoms with Crippen molar-refractivity contribution < 1.29 is 24.2 Å². The van der Waals surface area contributed by atoms with Gasteiger partial charge in [-0.15, -0.1) is 0 Å². The van der Waals surface area contributed by atoms with Crippen molar-refractivity contribution >= 4 is 11.8 Å². The Morgan fingerprint density at radius 3 is 2.64 bits per heavy atom. The van der Waals surface area contributed by atoms with Crippen molar-refractivity contribution in [3.63, 3.8) is 0 Å². The normalized spacial score (nSPS) is 21.0. The van der Waals surface area contributed by atoms with Crippen LogP contribution in [-0.2, 0) is 14.3 Å². The smallest absolute Gasteiger partial charge is 0.258 e. The number of para-hydroxylation sites is 1. The molecule has 138 valence electrons. The number of aliphatic hydroxyl groups excluding tert-OH is 1. The number of hydrogen-bond donors (Lipinski definition) is 3. The zero-order valence-corrected chi connectivity index (χ0v) is 14.6. The molecule has 1 saturated heterocycles. The Balaban J connectivity index is 1.87. The Kier molecular flexibility index (Phi) is 7.21. The Labute approximate surface area is 147 Å². The van der Waals surface area contributed by atoms with E-state index in [-0.39, 0.29) is 24.3 Å². The number of hydrogen-bond acceptors (Lipinski definition) is 5. The lowest BCUT2D eigenvalue weighted by atomic mass is 10.0. The van der Waals surface area contributed by atoms with Crippen LogP contribution in [0.2, 0.25) is 0 Å². The molecule has 7 nitrogen and oxygen atoms in total. The monoisotopic (exact) mass is 350 g/mol. The topological polar surface area (TPSA) is 96.9 Å². The van der Waals surface area contributed by atoms with Crippen LogP contribution in [0.4, 0.5) is 0 Å². The average Bonchev–Trinajstić information content (AvgIpc) is 2.98. The van der Waals surface area contributed by atoms with Crippen molar-refractivity contribution in [2.45, 2.75) is 45.1 Å². The van der Waals surface area contributed by atoms with E-state index in [1.807, 2.05) is 32.0 Å². The molecular formula is C18H26N2O5. The van der Waals surface area contributed by atoms with Gasteiger partial charge >= 0.3 is 0 Å². The van der Waals surface area contributed by atoms with E-state index in [0.29, 0.717) is 25.2 Å². The van der Waals surface area contributed by atoms with Gasteiger partial charge in [-0.2, -0.15) is 0 Å². The van der Waals surface area contributed by atoms with Crippen LogP contribution in [0.1, 0.15) is 26.7 Å². The van der Waals surface area contributed by atoms with Gasteiger partial charge < -0.3 is 25.2 Å². The summed E-state index contributed by atoms with van der Waals surface area (Å²) < 4.78 is 10.4. The molecule has 0 radical (unpaired) electrons. The van der Waals surface area contributed by atoms with Crippen LogP contribution >= 0.6 is 0 Å². The number of rotatable bonds is 8. The van der Waals surface area contributed by atoms with Gasteiger partial charge in [0.05, 0.1) is 12.6 Å². The van der Waals surface area contributed by atoms with Crippen LogP contribution in [0.3, 0.4) is 0 Å². The number of benzene rings is 1. The van der Waals surface area contributed by atoms with Gasteiger partial charge in [-0.05, 0) is 30.9 Å². The number of ether oxygens (including phenoxy) is 2. The van der Waals surface area contributed by atoms with Crippen molar-refractivity contribution in [3.8, 4) is 5.75 Å². The molecule has 0 aliphatic carbocycles. The van der Waals surface area contributed by atoms with Crippen molar-refractivity contribution in [2.75, 3.05) is 13.2 Å². The number of carbonyl (C=O) groups excluding carboxylic acids is 2. The second kappa shape index (κ2) is 9.39. The highest BCUT2D eigenvalue weighted by molar-refractivity contribution is 5.88. The molecular weight excluding hydrogens is 324 g/mol. The zero-order chi connectivity index (χ0) is 18.2. The Hall–Kier alpha value is -2.12. The molecule has 0 bridgehead atoms. The van der Waals surface area contributed by atoms with Crippen LogP contribution in [0, 0.1) is 5.92 Å². The minimum atomic E-state index is -0.999. The quantitative estimate of drug-likeness (QED) is 0.645. The number of carbonyl (C=O) groups is 2. The first-order valence-electron chi connectivity index (χ1n) is 8.53. The highest BCUT2D eigenvalue weighted by Crippen LogP contribution is 2.12. The third kappa shape index (κ3) is 6.36. The molecule has 2 unspecified atom stereocenters. The largest absolute Gasteiger partial charge is 0.484 e. The summed E-state index contributed by atoms with van der Waals surface area (Å²) in [6.07, 6.45) is 0.0413. The molecule has 1 aromatic rings. The van der Waals surface area contributed by atoms with E-state index in [1.165, 1.54) is 0 Å². The fourth-order valence-electron chi connectivity index (χ4n) is 2.61. The van der Waals surface area contributed by atoms with E-state index < -0.39 is 18.4 Å². The maximum absolute atomic E-state index is 12.5. The van der Waals surface area contributed by atoms with Gasteiger partial charge in [0.25, 0.3) is 5.91 Å². The molecule has 1 aromatic carbocycles. The van der Waals surface area contributed by atoms with Crippen molar-refractivity contribution in [2.24, 2.45) is 5.92 Å². The highest BCUT2D eigenvalue weighted by atomic mass is 16.6. The Morgan fingerprint density at radius 2 is 2.04 bits per heavy atom. The van der Waals surface area contributed by atoms with E-state index in [4.69, 9.17) is 9.47 Å². The second-order valence-corrected chi connectivity index (χ2v) is 6.52. The number of nitrogens with one attached hydrogen (secondary N) is 2. The molecule has 1 heterocycles. The molecule has 1 aliphatic rings. The Morgan fingerprint density at radius 1 is 1.32 bits per heavy atom. The molecule has 1 aliphatic heterocycles. The summed E-state index contributed by atoms with van der Waals surface area (Å²) in [5, 5.41) is 15.1. The van der Waals surface area contributed by atoms with E-state index in [9.17, 15) is 14.7 Å². The third-order valence-corrected chi connectivity index (χ3v) is 3.86. The van der Waals surface area contributed by atoms with Gasteiger partial charge in [0.15, 0.2) is 12.9 Å². The van der Waals surface area contributed by atoms with E-state index in [0.717, 1.165) is 0 Å². The molecule has 0 spiro atoms. The van der Waals surface area contributed by atoms with Gasteiger partial charge in [-0.1, -0.05) is 32.0 Å². The summed E-state index contributed by atoms with van der Waals surface area (Å²) in [5.74, 6) is 0.119. The molecule has 25 heavy (non-hydrogen) atoms. The summed E-state index contributed by atoms with van der Waals surface area (Å²) in [5.41, 5.74) is 0. The SMILES string of the molecule is CC(C)CC(NC(=O)COc1ccccc1)C(=O)N[C@H]1CCOC1O. The maximum atomic E-state index is 12.5. The molecule has 1 fully saturated rings. The van der Waals surface area contributed by atoms with Gasteiger partial charge in [0.2, 0.25) is 5.91 Å². The molecule has 2 amide bonds. The molecule has 2 rings (SSSR count). The first-order valence-corrected chi connectivity index (χ1v) is 8.53. The maximum Gasteiger partial charge on any atom is 0.258 e. The third-order valence-electron chi connectivity index (χ3n) is 3.86. The van der Waals surface area contributed by atoms with Gasteiger partial charge in [0, 0.05) is 0 Å². The average molecular weight is 350 g/mol. The summed E-state index contributed by atoms with van der Waals surface area (Å²) in [4.78, 5) is 24.6. The predicted octanol–water partition coefficient (Wildman–Crippen LogP) is 0.820. The van der Waals surface area contributed by atoms with Crippen LogP contribution in [0.15, 0.2) is 30.3 Å². The number of amides is 2. The van der Waals surface area contributed by atoms with Gasteiger partial charge in [-0.3, -0.25) is 9.59 Å². The fourth-order valence-corrected chi connectivity index (χ4v) is 2.61. The first kappa shape index (κ1) is 19.2. The zero-order valence-electron chi connectivity index (χ0n) is 14.6. The lowest BCUT2D eigenvalue weighted by Gasteiger charge is -2.23. The standard InChI is InChI=1S/C18H26N2O5/c1-12(2)10-15(17(22)20-14-8-9-24-18(14)23)19-16(21)11-25-13-6-4-3-5-7-13/h3-7,12,14-15,18,23H,8-11H2,1-2H3,(H,19,21)(H,20,22)/t14-,15?,18?/m0/s1. The van der Waals surface area contributed by atoms with Crippen LogP contribution in [0.5, 0.6) is 5.75 Å². The first-order chi connectivity index (χ1) is 12.0. The van der Waals surface area contributed by atoms with Crippen LogP contribution in [-0.4, -0.2) is 48.5 Å².